The lowest BCUT2D eigenvalue weighted by atomic mass is 10.2. The van der Waals surface area contributed by atoms with Crippen LogP contribution in [0.1, 0.15) is 5.56 Å². The van der Waals surface area contributed by atoms with Crippen LogP contribution in [0.3, 0.4) is 0 Å². The summed E-state index contributed by atoms with van der Waals surface area (Å²) < 4.78 is 60.3. The van der Waals surface area contributed by atoms with Crippen molar-refractivity contribution in [2.24, 2.45) is 0 Å². The molecule has 3 aromatic carbocycles. The molecular formula is C22H20F2N2O4S. The third-order valence-electron chi connectivity index (χ3n) is 4.48. The van der Waals surface area contributed by atoms with Gasteiger partial charge in [0.15, 0.2) is 0 Å². The van der Waals surface area contributed by atoms with Crippen LogP contribution in [0.2, 0.25) is 0 Å². The van der Waals surface area contributed by atoms with Gasteiger partial charge < -0.3 is 10.1 Å². The highest BCUT2D eigenvalue weighted by Crippen LogP contribution is 2.26. The quantitative estimate of drug-likeness (QED) is 0.593. The number of sulfonamides is 1. The maximum absolute atomic E-state index is 13.9. The Bertz CT molecular complexity index is 1160. The van der Waals surface area contributed by atoms with E-state index in [4.69, 9.17) is 4.74 Å². The van der Waals surface area contributed by atoms with Crippen LogP contribution < -0.4 is 14.4 Å². The van der Waals surface area contributed by atoms with Gasteiger partial charge >= 0.3 is 0 Å². The predicted octanol–water partition coefficient (Wildman–Crippen LogP) is 4.12. The van der Waals surface area contributed by atoms with Crippen molar-refractivity contribution in [3.63, 3.8) is 0 Å². The molecule has 162 valence electrons. The number of para-hydroxylation sites is 1. The third-order valence-corrected chi connectivity index (χ3v) is 6.27. The van der Waals surface area contributed by atoms with E-state index < -0.39 is 39.8 Å². The molecule has 1 amide bonds. The normalized spacial score (nSPS) is 11.1. The van der Waals surface area contributed by atoms with Gasteiger partial charge in [0.2, 0.25) is 5.91 Å². The number of nitrogens with one attached hydrogen (secondary N) is 1. The van der Waals surface area contributed by atoms with Crippen molar-refractivity contribution in [2.45, 2.75) is 11.8 Å². The summed E-state index contributed by atoms with van der Waals surface area (Å²) in [4.78, 5) is 12.6. The van der Waals surface area contributed by atoms with Crippen LogP contribution in [0, 0.1) is 18.6 Å². The Kier molecular flexibility index (Phi) is 6.55. The molecule has 0 heterocycles. The van der Waals surface area contributed by atoms with E-state index >= 15 is 0 Å². The molecule has 9 heteroatoms. The number of carbonyl (C=O) groups excluding carboxylic acids is 1. The molecule has 0 spiro atoms. The number of hydrogen-bond acceptors (Lipinski definition) is 4. The first-order valence-corrected chi connectivity index (χ1v) is 10.6. The number of benzene rings is 3. The number of ether oxygens (including phenoxy) is 1. The minimum atomic E-state index is -4.15. The largest absolute Gasteiger partial charge is 0.497 e. The topological polar surface area (TPSA) is 75.7 Å². The summed E-state index contributed by atoms with van der Waals surface area (Å²) in [6.45, 7) is 1.12. The first-order valence-electron chi connectivity index (χ1n) is 9.19. The molecule has 1 N–H and O–H groups in total. The second-order valence-electron chi connectivity index (χ2n) is 6.67. The fourth-order valence-corrected chi connectivity index (χ4v) is 4.25. The van der Waals surface area contributed by atoms with E-state index in [1.54, 1.807) is 24.3 Å². The minimum absolute atomic E-state index is 0.0289. The number of halogens is 2. The van der Waals surface area contributed by atoms with Crippen molar-refractivity contribution in [3.05, 3.63) is 83.9 Å². The number of methoxy groups -OCH3 is 1. The van der Waals surface area contributed by atoms with Gasteiger partial charge in [0.05, 0.1) is 17.7 Å². The molecule has 3 aromatic rings. The Morgan fingerprint density at radius 2 is 1.55 bits per heavy atom. The second-order valence-corrected chi connectivity index (χ2v) is 8.53. The van der Waals surface area contributed by atoms with Gasteiger partial charge in [-0.3, -0.25) is 9.10 Å². The van der Waals surface area contributed by atoms with Crippen molar-refractivity contribution in [1.82, 2.24) is 0 Å². The fraction of sp³-hybridized carbons (Fsp3) is 0.136. The zero-order chi connectivity index (χ0) is 22.6. The van der Waals surface area contributed by atoms with Crippen LogP contribution in [0.25, 0.3) is 0 Å². The molecule has 0 aliphatic carbocycles. The molecule has 0 aliphatic rings. The summed E-state index contributed by atoms with van der Waals surface area (Å²) in [6, 6.07) is 15.3. The average molecular weight is 446 g/mol. The molecule has 0 atom stereocenters. The molecule has 0 aromatic heterocycles. The van der Waals surface area contributed by atoms with Crippen molar-refractivity contribution in [1.29, 1.82) is 0 Å². The van der Waals surface area contributed by atoms with Crippen molar-refractivity contribution in [2.75, 3.05) is 23.3 Å². The lowest BCUT2D eigenvalue weighted by Gasteiger charge is -2.24. The van der Waals surface area contributed by atoms with Crippen LogP contribution in [-0.2, 0) is 14.8 Å². The van der Waals surface area contributed by atoms with Gasteiger partial charge in [-0.25, -0.2) is 17.2 Å². The summed E-state index contributed by atoms with van der Waals surface area (Å²) in [5.74, 6) is -2.35. The monoisotopic (exact) mass is 446 g/mol. The van der Waals surface area contributed by atoms with Crippen molar-refractivity contribution >= 4 is 27.3 Å². The smallest absolute Gasteiger partial charge is 0.264 e. The summed E-state index contributed by atoms with van der Waals surface area (Å²) in [5.41, 5.74) is 0.406. The molecule has 0 saturated heterocycles. The van der Waals surface area contributed by atoms with Gasteiger partial charge in [0, 0.05) is 0 Å². The van der Waals surface area contributed by atoms with Crippen LogP contribution >= 0.6 is 0 Å². The first-order chi connectivity index (χ1) is 14.7. The lowest BCUT2D eigenvalue weighted by molar-refractivity contribution is -0.114. The van der Waals surface area contributed by atoms with E-state index in [1.165, 1.54) is 31.4 Å². The molecule has 0 aliphatic heterocycles. The molecule has 0 unspecified atom stereocenters. The number of amides is 1. The van der Waals surface area contributed by atoms with Gasteiger partial charge in [0.1, 0.15) is 29.6 Å². The number of anilines is 2. The number of hydrogen-bond donors (Lipinski definition) is 1. The zero-order valence-electron chi connectivity index (χ0n) is 16.8. The highest BCUT2D eigenvalue weighted by atomic mass is 32.2. The zero-order valence-corrected chi connectivity index (χ0v) is 17.6. The summed E-state index contributed by atoms with van der Waals surface area (Å²) in [7, 11) is -2.69. The Balaban J connectivity index is 1.97. The highest BCUT2D eigenvalue weighted by molar-refractivity contribution is 7.92. The van der Waals surface area contributed by atoms with Gasteiger partial charge in [-0.05, 0) is 55.5 Å². The SMILES string of the molecule is COc1ccc(N(CC(=O)Nc2c(F)cccc2F)S(=O)(=O)c2ccc(C)cc2)cc1. The standard InChI is InChI=1S/C22H20F2N2O4S/c1-15-6-12-18(13-7-15)31(28,29)26(16-8-10-17(30-2)11-9-16)14-21(27)25-22-19(23)4-3-5-20(22)24/h3-13H,14H2,1-2H3,(H,25,27). The molecule has 0 saturated carbocycles. The number of aryl methyl sites for hydroxylation is 1. The third kappa shape index (κ3) is 5.00. The highest BCUT2D eigenvalue weighted by Gasteiger charge is 2.28. The van der Waals surface area contributed by atoms with Crippen LogP contribution in [0.15, 0.2) is 71.6 Å². The van der Waals surface area contributed by atoms with Gasteiger partial charge in [0.25, 0.3) is 10.0 Å². The van der Waals surface area contributed by atoms with Crippen molar-refractivity contribution < 1.29 is 26.7 Å². The molecular weight excluding hydrogens is 426 g/mol. The molecule has 31 heavy (non-hydrogen) atoms. The molecule has 3 rings (SSSR count). The van der Waals surface area contributed by atoms with Crippen molar-refractivity contribution in [3.8, 4) is 5.75 Å². The van der Waals surface area contributed by atoms with Crippen LogP contribution in [0.4, 0.5) is 20.2 Å². The Labute approximate surface area is 179 Å². The van der Waals surface area contributed by atoms with E-state index in [-0.39, 0.29) is 10.6 Å². The minimum Gasteiger partial charge on any atom is -0.497 e. The number of rotatable bonds is 7. The second kappa shape index (κ2) is 9.13. The molecule has 0 fully saturated rings. The van der Waals surface area contributed by atoms with Gasteiger partial charge in [-0.2, -0.15) is 0 Å². The van der Waals surface area contributed by atoms with E-state index in [1.807, 2.05) is 6.92 Å². The Morgan fingerprint density at radius 3 is 2.10 bits per heavy atom. The van der Waals surface area contributed by atoms with E-state index in [2.05, 4.69) is 5.32 Å². The van der Waals surface area contributed by atoms with E-state index in [0.29, 0.717) is 5.75 Å². The maximum Gasteiger partial charge on any atom is 0.264 e. The van der Waals surface area contributed by atoms with Gasteiger partial charge in [-0.15, -0.1) is 0 Å². The van der Waals surface area contributed by atoms with Gasteiger partial charge in [-0.1, -0.05) is 23.8 Å². The fourth-order valence-electron chi connectivity index (χ4n) is 2.83. The molecule has 0 bridgehead atoms. The predicted molar refractivity (Wildman–Crippen MR) is 114 cm³/mol. The number of carbonyl (C=O) groups is 1. The summed E-state index contributed by atoms with van der Waals surface area (Å²) >= 11 is 0. The molecule has 6 nitrogen and oxygen atoms in total. The number of nitrogens with zero attached hydrogens (tertiary/aromatic N) is 1. The average Bonchev–Trinajstić information content (AvgIpc) is 2.75. The Hall–Kier alpha value is -3.46. The van der Waals surface area contributed by atoms with E-state index in [9.17, 15) is 22.0 Å². The maximum atomic E-state index is 13.9. The lowest BCUT2D eigenvalue weighted by Crippen LogP contribution is -2.38. The molecule has 0 radical (unpaired) electrons. The van der Waals surface area contributed by atoms with Crippen LogP contribution in [-0.4, -0.2) is 28.0 Å². The Morgan fingerprint density at radius 1 is 0.968 bits per heavy atom. The summed E-state index contributed by atoms with van der Waals surface area (Å²) in [6.07, 6.45) is 0. The van der Waals surface area contributed by atoms with E-state index in [0.717, 1.165) is 28.1 Å². The van der Waals surface area contributed by atoms with Crippen LogP contribution in [0.5, 0.6) is 5.75 Å². The first kappa shape index (κ1) is 22.2. The summed E-state index contributed by atoms with van der Waals surface area (Å²) in [5, 5.41) is 2.11.